The number of hydrogen-bond acceptors (Lipinski definition) is 1. The molecule has 0 aliphatic carbocycles. The van der Waals surface area contributed by atoms with E-state index < -0.39 is 0 Å². The highest BCUT2D eigenvalue weighted by atomic mass is 16.5. The quantitative estimate of drug-likeness (QED) is 0.515. The van der Waals surface area contributed by atoms with E-state index in [0.29, 0.717) is 5.76 Å². The Labute approximate surface area is 90.7 Å². The maximum atomic E-state index is 5.57. The molecule has 0 heterocycles. The molecule has 0 bridgehead atoms. The van der Waals surface area contributed by atoms with Gasteiger partial charge in [0.25, 0.3) is 0 Å². The van der Waals surface area contributed by atoms with Gasteiger partial charge in [0.15, 0.2) is 0 Å². The van der Waals surface area contributed by atoms with Gasteiger partial charge in [-0.3, -0.25) is 0 Å². The lowest BCUT2D eigenvalue weighted by Crippen LogP contribution is -1.90. The molecule has 0 N–H and O–H groups in total. The molecular weight excluding hydrogens is 184 g/mol. The summed E-state index contributed by atoms with van der Waals surface area (Å²) in [4.78, 5) is 0. The maximum Gasteiger partial charge on any atom is 0.127 e. The van der Waals surface area contributed by atoms with E-state index in [1.165, 1.54) is 0 Å². The maximum absolute atomic E-state index is 5.57. The molecule has 0 radical (unpaired) electrons. The third kappa shape index (κ3) is 4.14. The van der Waals surface area contributed by atoms with E-state index in [9.17, 15) is 0 Å². The van der Waals surface area contributed by atoms with Crippen LogP contribution in [0.1, 0.15) is 0 Å². The molecule has 1 heteroatoms. The molecule has 0 spiro atoms. The summed E-state index contributed by atoms with van der Waals surface area (Å²) in [6, 6.07) is 9.59. The number of rotatable bonds is 5. The van der Waals surface area contributed by atoms with E-state index >= 15 is 0 Å². The summed E-state index contributed by atoms with van der Waals surface area (Å²) in [5.74, 6) is 1.51. The molecule has 1 aromatic carbocycles. The standard InChI is InChI=1S/C14H14O/c1-3-5-7-10-13(4-2)15-14-11-8-6-9-12-14/h3-12H,1-2H2/b7-5-,13-10+. The molecule has 0 saturated carbocycles. The van der Waals surface area contributed by atoms with Crippen molar-refractivity contribution < 1.29 is 4.74 Å². The minimum Gasteiger partial charge on any atom is -0.457 e. The summed E-state index contributed by atoms with van der Waals surface area (Å²) in [6.45, 7) is 7.27. The monoisotopic (exact) mass is 198 g/mol. The average Bonchev–Trinajstić information content (AvgIpc) is 2.29. The summed E-state index contributed by atoms with van der Waals surface area (Å²) in [5.41, 5.74) is 0. The lowest BCUT2D eigenvalue weighted by molar-refractivity contribution is 0.445. The Morgan fingerprint density at radius 3 is 2.40 bits per heavy atom. The molecule has 0 aliphatic heterocycles. The Balaban J connectivity index is 2.69. The topological polar surface area (TPSA) is 9.23 Å². The molecule has 1 aromatic rings. The van der Waals surface area contributed by atoms with Gasteiger partial charge in [-0.05, 0) is 24.3 Å². The first-order chi connectivity index (χ1) is 7.36. The number of benzene rings is 1. The molecule has 76 valence electrons. The average molecular weight is 198 g/mol. The summed E-state index contributed by atoms with van der Waals surface area (Å²) in [5, 5.41) is 0. The van der Waals surface area contributed by atoms with Crippen LogP contribution >= 0.6 is 0 Å². The van der Waals surface area contributed by atoms with Crippen molar-refractivity contribution in [3.63, 3.8) is 0 Å². The molecule has 0 atom stereocenters. The van der Waals surface area contributed by atoms with Crippen molar-refractivity contribution in [3.05, 3.63) is 79.6 Å². The van der Waals surface area contributed by atoms with Crippen molar-refractivity contribution in [2.24, 2.45) is 0 Å². The van der Waals surface area contributed by atoms with E-state index in [2.05, 4.69) is 13.2 Å². The van der Waals surface area contributed by atoms with Crippen LogP contribution in [0.4, 0.5) is 0 Å². The molecule has 1 nitrogen and oxygen atoms in total. The van der Waals surface area contributed by atoms with E-state index in [0.717, 1.165) is 5.75 Å². The van der Waals surface area contributed by atoms with Gasteiger partial charge in [0, 0.05) is 0 Å². The van der Waals surface area contributed by atoms with Crippen molar-refractivity contribution in [1.82, 2.24) is 0 Å². The molecule has 0 aromatic heterocycles. The minimum atomic E-state index is 0.708. The highest BCUT2D eigenvalue weighted by Crippen LogP contribution is 2.13. The number of para-hydroxylation sites is 1. The number of allylic oxidation sites excluding steroid dienone is 5. The third-order valence-electron chi connectivity index (χ3n) is 1.69. The normalized spacial score (nSPS) is 11.3. The van der Waals surface area contributed by atoms with Gasteiger partial charge >= 0.3 is 0 Å². The first kappa shape index (κ1) is 11.1. The van der Waals surface area contributed by atoms with Crippen molar-refractivity contribution in [1.29, 1.82) is 0 Å². The zero-order valence-electron chi connectivity index (χ0n) is 8.60. The van der Waals surface area contributed by atoms with Crippen molar-refractivity contribution in [2.75, 3.05) is 0 Å². The van der Waals surface area contributed by atoms with Crippen LogP contribution < -0.4 is 4.74 Å². The predicted molar refractivity (Wildman–Crippen MR) is 64.7 cm³/mol. The van der Waals surface area contributed by atoms with Crippen LogP contribution in [0.3, 0.4) is 0 Å². The summed E-state index contributed by atoms with van der Waals surface area (Å²) >= 11 is 0. The fourth-order valence-corrected chi connectivity index (χ4v) is 0.997. The minimum absolute atomic E-state index is 0.708. The SMILES string of the molecule is C=C/C=C\C=C(/C=C)Oc1ccccc1. The molecule has 0 aliphatic rings. The van der Waals surface area contributed by atoms with Crippen LogP contribution in [0.25, 0.3) is 0 Å². The van der Waals surface area contributed by atoms with E-state index in [1.54, 1.807) is 12.2 Å². The molecule has 0 unspecified atom stereocenters. The molecule has 0 amide bonds. The summed E-state index contributed by atoms with van der Waals surface area (Å²) in [7, 11) is 0. The van der Waals surface area contributed by atoms with Crippen molar-refractivity contribution in [2.45, 2.75) is 0 Å². The van der Waals surface area contributed by atoms with Crippen LogP contribution in [0.2, 0.25) is 0 Å². The highest BCUT2D eigenvalue weighted by Gasteiger charge is 1.93. The Hall–Kier alpha value is -2.02. The predicted octanol–water partition coefficient (Wildman–Crippen LogP) is 3.88. The second kappa shape index (κ2) is 6.44. The zero-order chi connectivity index (χ0) is 10.9. The third-order valence-corrected chi connectivity index (χ3v) is 1.69. The summed E-state index contributed by atoms with van der Waals surface area (Å²) in [6.07, 6.45) is 8.90. The van der Waals surface area contributed by atoms with Crippen molar-refractivity contribution >= 4 is 0 Å². The van der Waals surface area contributed by atoms with Crippen LogP contribution in [0.5, 0.6) is 5.75 Å². The van der Waals surface area contributed by atoms with Gasteiger partial charge in [0.05, 0.1) is 0 Å². The Morgan fingerprint density at radius 2 is 1.80 bits per heavy atom. The van der Waals surface area contributed by atoms with Gasteiger partial charge in [-0.25, -0.2) is 0 Å². The van der Waals surface area contributed by atoms with E-state index in [1.807, 2.05) is 48.6 Å². The smallest absolute Gasteiger partial charge is 0.127 e. The second-order valence-electron chi connectivity index (χ2n) is 2.81. The van der Waals surface area contributed by atoms with Crippen LogP contribution in [-0.2, 0) is 0 Å². The molecule has 1 rings (SSSR count). The Morgan fingerprint density at radius 1 is 1.07 bits per heavy atom. The molecule has 0 saturated heterocycles. The number of hydrogen-bond donors (Lipinski definition) is 0. The second-order valence-corrected chi connectivity index (χ2v) is 2.81. The summed E-state index contributed by atoms with van der Waals surface area (Å²) < 4.78 is 5.57. The lowest BCUT2D eigenvalue weighted by atomic mass is 10.3. The van der Waals surface area contributed by atoms with Gasteiger partial charge in [-0.1, -0.05) is 49.6 Å². The lowest BCUT2D eigenvalue weighted by Gasteiger charge is -2.04. The van der Waals surface area contributed by atoms with E-state index in [4.69, 9.17) is 4.74 Å². The Bertz CT molecular complexity index is 372. The van der Waals surface area contributed by atoms with Crippen LogP contribution in [0.15, 0.2) is 79.6 Å². The van der Waals surface area contributed by atoms with Crippen LogP contribution in [0, 0.1) is 0 Å². The molecule has 0 fully saturated rings. The van der Waals surface area contributed by atoms with Gasteiger partial charge in [-0.15, -0.1) is 0 Å². The first-order valence-corrected chi connectivity index (χ1v) is 4.71. The fourth-order valence-electron chi connectivity index (χ4n) is 0.997. The van der Waals surface area contributed by atoms with Gasteiger partial charge < -0.3 is 4.74 Å². The number of ether oxygens (including phenoxy) is 1. The first-order valence-electron chi connectivity index (χ1n) is 4.71. The molecular formula is C14H14O. The van der Waals surface area contributed by atoms with Gasteiger partial charge in [0.1, 0.15) is 11.5 Å². The molecule has 15 heavy (non-hydrogen) atoms. The highest BCUT2D eigenvalue weighted by molar-refractivity contribution is 5.27. The van der Waals surface area contributed by atoms with Crippen LogP contribution in [-0.4, -0.2) is 0 Å². The van der Waals surface area contributed by atoms with Gasteiger partial charge in [-0.2, -0.15) is 0 Å². The van der Waals surface area contributed by atoms with Crippen molar-refractivity contribution in [3.8, 4) is 5.75 Å². The fraction of sp³-hybridized carbons (Fsp3) is 0. The van der Waals surface area contributed by atoms with Gasteiger partial charge in [0.2, 0.25) is 0 Å². The Kier molecular flexibility index (Phi) is 4.74. The largest absolute Gasteiger partial charge is 0.457 e. The zero-order valence-corrected chi connectivity index (χ0v) is 8.60. The van der Waals surface area contributed by atoms with E-state index in [-0.39, 0.29) is 0 Å².